The molecule has 1 rings (SSSR count). The first kappa shape index (κ1) is 17.5. The summed E-state index contributed by atoms with van der Waals surface area (Å²) in [5.41, 5.74) is 1.18. The highest BCUT2D eigenvalue weighted by Crippen LogP contribution is 2.14. The van der Waals surface area contributed by atoms with Crippen molar-refractivity contribution in [3.63, 3.8) is 0 Å². The van der Waals surface area contributed by atoms with E-state index < -0.39 is 0 Å². The summed E-state index contributed by atoms with van der Waals surface area (Å²) in [5.74, 6) is 0.697. The molecule has 0 bridgehead atoms. The number of hydrogen-bond acceptors (Lipinski definition) is 4. The van der Waals surface area contributed by atoms with Crippen LogP contribution in [0.3, 0.4) is 0 Å². The Hall–Kier alpha value is -1.55. The zero-order valence-corrected chi connectivity index (χ0v) is 13.5. The van der Waals surface area contributed by atoms with Crippen molar-refractivity contribution < 1.29 is 14.3 Å². The van der Waals surface area contributed by atoms with Crippen LogP contribution in [0.1, 0.15) is 39.2 Å². The lowest BCUT2D eigenvalue weighted by Gasteiger charge is -2.22. The van der Waals surface area contributed by atoms with Gasteiger partial charge in [-0.3, -0.25) is 4.79 Å². The van der Waals surface area contributed by atoms with Gasteiger partial charge in [0.2, 0.25) is 0 Å². The van der Waals surface area contributed by atoms with Crippen LogP contribution in [0.2, 0.25) is 0 Å². The van der Waals surface area contributed by atoms with Crippen molar-refractivity contribution in [3.05, 3.63) is 29.8 Å². The number of esters is 1. The van der Waals surface area contributed by atoms with E-state index in [1.807, 2.05) is 31.2 Å². The van der Waals surface area contributed by atoms with E-state index in [1.54, 1.807) is 7.11 Å². The topological polar surface area (TPSA) is 47.6 Å². The van der Waals surface area contributed by atoms with E-state index in [2.05, 4.69) is 19.2 Å². The molecule has 0 radical (unpaired) electrons. The molecule has 2 atom stereocenters. The minimum absolute atomic E-state index is 0.0902. The van der Waals surface area contributed by atoms with E-state index in [4.69, 9.17) is 9.47 Å². The van der Waals surface area contributed by atoms with E-state index in [-0.39, 0.29) is 12.0 Å². The Balaban J connectivity index is 2.67. The second-order valence-corrected chi connectivity index (χ2v) is 5.23. The number of ether oxygens (including phenoxy) is 2. The molecule has 0 aromatic heterocycles. The minimum atomic E-state index is -0.146. The van der Waals surface area contributed by atoms with E-state index in [0.29, 0.717) is 19.1 Å². The summed E-state index contributed by atoms with van der Waals surface area (Å²) < 4.78 is 10.2. The van der Waals surface area contributed by atoms with Gasteiger partial charge in [-0.1, -0.05) is 19.1 Å². The molecule has 1 aromatic rings. The number of benzene rings is 1. The summed E-state index contributed by atoms with van der Waals surface area (Å²) in [5, 5.41) is 3.50. The average Bonchev–Trinajstić information content (AvgIpc) is 2.48. The molecule has 0 fully saturated rings. The summed E-state index contributed by atoms with van der Waals surface area (Å²) >= 11 is 0. The predicted molar refractivity (Wildman–Crippen MR) is 84.6 cm³/mol. The van der Waals surface area contributed by atoms with Crippen LogP contribution in [0, 0.1) is 0 Å². The third kappa shape index (κ3) is 6.63. The predicted octanol–water partition coefficient (Wildman–Crippen LogP) is 2.95. The number of carbonyl (C=O) groups excluding carboxylic acids is 1. The molecule has 118 valence electrons. The summed E-state index contributed by atoms with van der Waals surface area (Å²) in [6, 6.07) is 8.43. The lowest BCUT2D eigenvalue weighted by Crippen LogP contribution is -2.39. The molecule has 1 N–H and O–H groups in total. The fourth-order valence-corrected chi connectivity index (χ4v) is 2.18. The number of hydrogen-bond donors (Lipinski definition) is 1. The zero-order chi connectivity index (χ0) is 15.7. The van der Waals surface area contributed by atoms with Gasteiger partial charge in [-0.15, -0.1) is 0 Å². The van der Waals surface area contributed by atoms with Crippen LogP contribution in [0.25, 0.3) is 0 Å². The largest absolute Gasteiger partial charge is 0.497 e. The SMILES string of the molecule is CCOC(=O)CC(Cc1ccc(OC)cc1)NC(C)CC. The van der Waals surface area contributed by atoms with Gasteiger partial charge in [0.05, 0.1) is 20.1 Å². The van der Waals surface area contributed by atoms with Crippen LogP contribution in [-0.4, -0.2) is 31.8 Å². The molecule has 0 heterocycles. The Labute approximate surface area is 127 Å². The molecule has 0 saturated carbocycles. The molecule has 2 unspecified atom stereocenters. The molecule has 0 saturated heterocycles. The molecule has 0 aliphatic heterocycles. The number of nitrogens with one attached hydrogen (secondary N) is 1. The average molecular weight is 293 g/mol. The third-order valence-electron chi connectivity index (χ3n) is 3.49. The van der Waals surface area contributed by atoms with Gasteiger partial charge in [0.15, 0.2) is 0 Å². The molecular weight excluding hydrogens is 266 g/mol. The molecular formula is C17H27NO3. The number of rotatable bonds is 9. The summed E-state index contributed by atoms with van der Waals surface area (Å²) in [6.45, 7) is 6.52. The van der Waals surface area contributed by atoms with Gasteiger partial charge in [0, 0.05) is 12.1 Å². The maximum absolute atomic E-state index is 11.7. The molecule has 4 heteroatoms. The molecule has 1 aromatic carbocycles. The van der Waals surface area contributed by atoms with E-state index in [9.17, 15) is 4.79 Å². The van der Waals surface area contributed by atoms with Gasteiger partial charge >= 0.3 is 5.97 Å². The van der Waals surface area contributed by atoms with E-state index >= 15 is 0 Å². The highest BCUT2D eigenvalue weighted by molar-refractivity contribution is 5.70. The maximum Gasteiger partial charge on any atom is 0.307 e. The summed E-state index contributed by atoms with van der Waals surface area (Å²) in [6.07, 6.45) is 2.22. The fourth-order valence-electron chi connectivity index (χ4n) is 2.18. The Morgan fingerprint density at radius 2 is 1.90 bits per heavy atom. The maximum atomic E-state index is 11.7. The minimum Gasteiger partial charge on any atom is -0.497 e. The van der Waals surface area contributed by atoms with Gasteiger partial charge in [-0.25, -0.2) is 0 Å². The van der Waals surface area contributed by atoms with Crippen molar-refractivity contribution in [2.75, 3.05) is 13.7 Å². The summed E-state index contributed by atoms with van der Waals surface area (Å²) in [7, 11) is 1.66. The molecule has 0 aliphatic carbocycles. The fraction of sp³-hybridized carbons (Fsp3) is 0.588. The molecule has 21 heavy (non-hydrogen) atoms. The second kappa shape index (κ2) is 9.40. The van der Waals surface area contributed by atoms with Gasteiger partial charge in [0.25, 0.3) is 0 Å². The van der Waals surface area contributed by atoms with Crippen molar-refractivity contribution in [2.45, 2.75) is 52.1 Å². The first-order valence-corrected chi connectivity index (χ1v) is 7.63. The first-order valence-electron chi connectivity index (χ1n) is 7.63. The number of carbonyl (C=O) groups is 1. The monoisotopic (exact) mass is 293 g/mol. The van der Waals surface area contributed by atoms with Gasteiger partial charge in [-0.2, -0.15) is 0 Å². The first-order chi connectivity index (χ1) is 10.1. The zero-order valence-electron chi connectivity index (χ0n) is 13.5. The Kier molecular flexibility index (Phi) is 7.83. The van der Waals surface area contributed by atoms with Crippen molar-refractivity contribution in [1.82, 2.24) is 5.32 Å². The van der Waals surface area contributed by atoms with Crippen molar-refractivity contribution in [2.24, 2.45) is 0 Å². The normalized spacial score (nSPS) is 13.5. The Morgan fingerprint density at radius 1 is 1.24 bits per heavy atom. The number of methoxy groups -OCH3 is 1. The summed E-state index contributed by atoms with van der Waals surface area (Å²) in [4.78, 5) is 11.7. The highest BCUT2D eigenvalue weighted by atomic mass is 16.5. The van der Waals surface area contributed by atoms with Crippen LogP contribution < -0.4 is 10.1 Å². The van der Waals surface area contributed by atoms with Crippen molar-refractivity contribution >= 4 is 5.97 Å². The smallest absolute Gasteiger partial charge is 0.307 e. The van der Waals surface area contributed by atoms with E-state index in [0.717, 1.165) is 18.6 Å². The van der Waals surface area contributed by atoms with Gasteiger partial charge < -0.3 is 14.8 Å². The third-order valence-corrected chi connectivity index (χ3v) is 3.49. The quantitative estimate of drug-likeness (QED) is 0.711. The lowest BCUT2D eigenvalue weighted by atomic mass is 10.0. The lowest BCUT2D eigenvalue weighted by molar-refractivity contribution is -0.143. The second-order valence-electron chi connectivity index (χ2n) is 5.23. The Bertz CT molecular complexity index is 417. The highest BCUT2D eigenvalue weighted by Gasteiger charge is 2.17. The van der Waals surface area contributed by atoms with Crippen LogP contribution >= 0.6 is 0 Å². The van der Waals surface area contributed by atoms with Crippen LogP contribution in [0.5, 0.6) is 5.75 Å². The van der Waals surface area contributed by atoms with Crippen molar-refractivity contribution in [1.29, 1.82) is 0 Å². The molecule has 0 spiro atoms. The standard InChI is InChI=1S/C17H27NO3/c1-5-13(3)18-15(12-17(19)21-6-2)11-14-7-9-16(20-4)10-8-14/h7-10,13,15,18H,5-6,11-12H2,1-4H3. The van der Waals surface area contributed by atoms with Crippen LogP contribution in [0.4, 0.5) is 0 Å². The molecule has 0 amide bonds. The molecule has 0 aliphatic rings. The van der Waals surface area contributed by atoms with Crippen LogP contribution in [0.15, 0.2) is 24.3 Å². The van der Waals surface area contributed by atoms with Gasteiger partial charge in [0.1, 0.15) is 5.75 Å². The van der Waals surface area contributed by atoms with E-state index in [1.165, 1.54) is 5.56 Å². The molecule has 4 nitrogen and oxygen atoms in total. The van der Waals surface area contributed by atoms with Crippen LogP contribution in [-0.2, 0) is 16.0 Å². The van der Waals surface area contributed by atoms with Crippen molar-refractivity contribution in [3.8, 4) is 5.75 Å². The Morgan fingerprint density at radius 3 is 2.43 bits per heavy atom. The van der Waals surface area contributed by atoms with Gasteiger partial charge in [-0.05, 0) is 44.4 Å².